The van der Waals surface area contributed by atoms with E-state index >= 15 is 0 Å². The van der Waals surface area contributed by atoms with E-state index in [1.807, 2.05) is 41.5 Å². The maximum atomic E-state index is 12.5. The molecule has 3 N–H and O–H groups in total. The summed E-state index contributed by atoms with van der Waals surface area (Å²) in [6.45, 7) is 11.5. The fourth-order valence-corrected chi connectivity index (χ4v) is 4.38. The number of phosphoric acid groups is 1. The fourth-order valence-electron chi connectivity index (χ4n) is 3.42. The Balaban J connectivity index is 1.90. The number of hydrogen-bond donors (Lipinski definition) is 2. The maximum Gasteiger partial charge on any atom is 0.472 e. The van der Waals surface area contributed by atoms with Crippen LogP contribution >= 0.6 is 7.82 Å². The van der Waals surface area contributed by atoms with E-state index in [1.54, 1.807) is 0 Å². The summed E-state index contributed by atoms with van der Waals surface area (Å²) in [5, 5.41) is 0. The van der Waals surface area contributed by atoms with E-state index in [9.17, 15) is 9.46 Å². The average Bonchev–Trinajstić information content (AvgIpc) is 3.04. The summed E-state index contributed by atoms with van der Waals surface area (Å²) >= 11 is 0. The summed E-state index contributed by atoms with van der Waals surface area (Å²) < 4.78 is 46.0. The Labute approximate surface area is 167 Å². The van der Waals surface area contributed by atoms with Crippen LogP contribution in [-0.2, 0) is 32.6 Å². The minimum atomic E-state index is -4.32. The molecule has 2 heterocycles. The lowest BCUT2D eigenvalue weighted by Gasteiger charge is -2.25. The van der Waals surface area contributed by atoms with Gasteiger partial charge in [-0.3, -0.25) is 9.05 Å². The SMILES string of the molecule is CC(C)OC[C@H]1O[C@@H](C)C[C@H]1OP(=O)(O)OC[C@H]1O[C@@H](C)C(N)C1OC(C)C. The number of phosphoric ester groups is 1. The van der Waals surface area contributed by atoms with Gasteiger partial charge in [0.15, 0.2) is 0 Å². The van der Waals surface area contributed by atoms with Gasteiger partial charge in [-0.2, -0.15) is 0 Å². The Morgan fingerprint density at radius 3 is 2.39 bits per heavy atom. The number of hydrogen-bond acceptors (Lipinski definition) is 8. The quantitative estimate of drug-likeness (QED) is 0.507. The van der Waals surface area contributed by atoms with Crippen LogP contribution in [0.25, 0.3) is 0 Å². The first-order valence-corrected chi connectivity index (χ1v) is 11.5. The zero-order valence-electron chi connectivity index (χ0n) is 17.6. The van der Waals surface area contributed by atoms with Crippen molar-refractivity contribution < 1.29 is 37.5 Å². The van der Waals surface area contributed by atoms with Crippen LogP contribution < -0.4 is 5.73 Å². The van der Waals surface area contributed by atoms with Crippen LogP contribution in [0.5, 0.6) is 0 Å². The first-order chi connectivity index (χ1) is 13.0. The van der Waals surface area contributed by atoms with Gasteiger partial charge in [-0.05, 0) is 41.5 Å². The van der Waals surface area contributed by atoms with E-state index in [2.05, 4.69) is 0 Å². The second-order valence-electron chi connectivity index (χ2n) is 8.12. The van der Waals surface area contributed by atoms with Crippen LogP contribution in [0, 0.1) is 0 Å². The van der Waals surface area contributed by atoms with E-state index in [0.29, 0.717) is 6.42 Å². The molecule has 2 fully saturated rings. The minimum Gasteiger partial charge on any atom is -0.376 e. The molecule has 8 atom stereocenters. The van der Waals surface area contributed by atoms with Gasteiger partial charge in [0.25, 0.3) is 0 Å². The molecule has 0 amide bonds. The number of nitrogens with two attached hydrogens (primary N) is 1. The monoisotopic (exact) mass is 425 g/mol. The standard InChI is InChI=1S/C18H36NO8P/c1-10(2)22-8-15-14(7-12(5)25-15)27-28(20,21)23-9-16-18(24-11(3)4)17(19)13(6)26-16/h10-18H,7-9,19H2,1-6H3,(H,20,21)/t12-,13-,14+,15+,16+,17?,18?/m0/s1. The molecule has 0 saturated carbocycles. The first kappa shape index (κ1) is 24.2. The molecule has 0 aromatic heterocycles. The van der Waals surface area contributed by atoms with Crippen molar-refractivity contribution in [1.29, 1.82) is 0 Å². The molecule has 0 spiro atoms. The predicted octanol–water partition coefficient (Wildman–Crippen LogP) is 2.00. The van der Waals surface area contributed by atoms with Crippen molar-refractivity contribution in [2.45, 2.75) is 103 Å². The lowest BCUT2D eigenvalue weighted by molar-refractivity contribution is -0.0708. The van der Waals surface area contributed by atoms with Gasteiger partial charge in [0.1, 0.15) is 24.4 Å². The molecule has 3 unspecified atom stereocenters. The van der Waals surface area contributed by atoms with E-state index < -0.39 is 32.2 Å². The normalized spacial score (nSPS) is 38.4. The molecule has 0 aromatic carbocycles. The van der Waals surface area contributed by atoms with Crippen molar-refractivity contribution in [3.8, 4) is 0 Å². The minimum absolute atomic E-state index is 0.0286. The summed E-state index contributed by atoms with van der Waals surface area (Å²) in [6.07, 6.45) is -1.84. The molecule has 0 aromatic rings. The third kappa shape index (κ3) is 7.00. The van der Waals surface area contributed by atoms with Crippen LogP contribution in [-0.4, -0.2) is 73.0 Å². The third-order valence-corrected chi connectivity index (χ3v) is 5.77. The second kappa shape index (κ2) is 10.3. The van der Waals surface area contributed by atoms with Crippen LogP contribution in [0.15, 0.2) is 0 Å². The Bertz CT molecular complexity index is 534. The topological polar surface area (TPSA) is 119 Å². The van der Waals surface area contributed by atoms with Crippen LogP contribution in [0.1, 0.15) is 48.0 Å². The molecule has 0 radical (unpaired) electrons. The van der Waals surface area contributed by atoms with Crippen molar-refractivity contribution in [2.24, 2.45) is 5.73 Å². The number of rotatable bonds is 10. The molecular formula is C18H36NO8P. The van der Waals surface area contributed by atoms with E-state index in [0.717, 1.165) is 0 Å². The molecule has 10 heteroatoms. The highest BCUT2D eigenvalue weighted by Gasteiger charge is 2.44. The Morgan fingerprint density at radius 2 is 1.79 bits per heavy atom. The maximum absolute atomic E-state index is 12.5. The van der Waals surface area contributed by atoms with E-state index in [1.165, 1.54) is 0 Å². The molecule has 2 aliphatic heterocycles. The Hall–Kier alpha value is -0.0900. The van der Waals surface area contributed by atoms with Gasteiger partial charge in [0.2, 0.25) is 0 Å². The first-order valence-electron chi connectivity index (χ1n) is 9.97. The zero-order valence-corrected chi connectivity index (χ0v) is 18.5. The van der Waals surface area contributed by atoms with Gasteiger partial charge < -0.3 is 29.6 Å². The Morgan fingerprint density at radius 1 is 1.11 bits per heavy atom. The molecule has 0 aliphatic carbocycles. The number of ether oxygens (including phenoxy) is 4. The van der Waals surface area contributed by atoms with E-state index in [-0.39, 0.29) is 43.7 Å². The van der Waals surface area contributed by atoms with Crippen molar-refractivity contribution >= 4 is 7.82 Å². The van der Waals surface area contributed by atoms with Crippen LogP contribution in [0.3, 0.4) is 0 Å². The highest BCUT2D eigenvalue weighted by atomic mass is 31.2. The van der Waals surface area contributed by atoms with Gasteiger partial charge in [-0.1, -0.05) is 0 Å². The second-order valence-corrected chi connectivity index (χ2v) is 9.52. The van der Waals surface area contributed by atoms with Gasteiger partial charge in [-0.15, -0.1) is 0 Å². The van der Waals surface area contributed by atoms with Crippen LogP contribution in [0.2, 0.25) is 0 Å². The summed E-state index contributed by atoms with van der Waals surface area (Å²) in [4.78, 5) is 10.2. The van der Waals surface area contributed by atoms with Gasteiger partial charge in [-0.25, -0.2) is 4.57 Å². The van der Waals surface area contributed by atoms with Crippen molar-refractivity contribution in [1.82, 2.24) is 0 Å². The molecule has 9 nitrogen and oxygen atoms in total. The molecule has 28 heavy (non-hydrogen) atoms. The molecule has 166 valence electrons. The third-order valence-electron chi connectivity index (χ3n) is 4.76. The smallest absolute Gasteiger partial charge is 0.376 e. The largest absolute Gasteiger partial charge is 0.472 e. The molecular weight excluding hydrogens is 389 g/mol. The average molecular weight is 425 g/mol. The Kier molecular flexibility index (Phi) is 8.88. The van der Waals surface area contributed by atoms with Gasteiger partial charge in [0.05, 0.1) is 43.7 Å². The predicted molar refractivity (Wildman–Crippen MR) is 103 cm³/mol. The summed E-state index contributed by atoms with van der Waals surface area (Å²) in [5.74, 6) is 0. The fraction of sp³-hybridized carbons (Fsp3) is 1.00. The van der Waals surface area contributed by atoms with Crippen LogP contribution in [0.4, 0.5) is 0 Å². The molecule has 0 bridgehead atoms. The van der Waals surface area contributed by atoms with E-state index in [4.69, 9.17) is 33.7 Å². The molecule has 2 saturated heterocycles. The molecule has 2 aliphatic rings. The lowest BCUT2D eigenvalue weighted by Crippen LogP contribution is -2.43. The zero-order chi connectivity index (χ0) is 21.1. The summed E-state index contributed by atoms with van der Waals surface area (Å²) in [6, 6.07) is -0.336. The summed E-state index contributed by atoms with van der Waals surface area (Å²) in [7, 11) is -4.32. The lowest BCUT2D eigenvalue weighted by atomic mass is 10.1. The van der Waals surface area contributed by atoms with Crippen molar-refractivity contribution in [2.75, 3.05) is 13.2 Å². The summed E-state index contributed by atoms with van der Waals surface area (Å²) in [5.41, 5.74) is 6.12. The van der Waals surface area contributed by atoms with Gasteiger partial charge in [0, 0.05) is 6.42 Å². The van der Waals surface area contributed by atoms with Gasteiger partial charge >= 0.3 is 7.82 Å². The van der Waals surface area contributed by atoms with Crippen molar-refractivity contribution in [3.63, 3.8) is 0 Å². The molecule has 2 rings (SSSR count). The van der Waals surface area contributed by atoms with Crippen molar-refractivity contribution in [3.05, 3.63) is 0 Å². The highest BCUT2D eigenvalue weighted by Crippen LogP contribution is 2.48. The highest BCUT2D eigenvalue weighted by molar-refractivity contribution is 7.47.